The first-order valence-corrected chi connectivity index (χ1v) is 8.66. The van der Waals surface area contributed by atoms with E-state index in [0.29, 0.717) is 0 Å². The van der Waals surface area contributed by atoms with Crippen molar-refractivity contribution in [1.29, 1.82) is 0 Å². The van der Waals surface area contributed by atoms with Crippen LogP contribution in [0.3, 0.4) is 0 Å². The fraction of sp³-hybridized carbons (Fsp3) is 0.529. The average Bonchev–Trinajstić information content (AvgIpc) is 2.57. The molecule has 0 saturated carbocycles. The Balaban J connectivity index is 3.19. The van der Waals surface area contributed by atoms with Crippen molar-refractivity contribution in [2.24, 2.45) is 11.8 Å². The molecule has 0 radical (unpaired) electrons. The third kappa shape index (κ3) is 6.18. The van der Waals surface area contributed by atoms with E-state index in [4.69, 9.17) is 0 Å². The van der Waals surface area contributed by atoms with Gasteiger partial charge in [-0.15, -0.1) is 0 Å². The van der Waals surface area contributed by atoms with Crippen LogP contribution in [0, 0.1) is 32.1 Å². The molecule has 0 aliphatic rings. The molecule has 154 valence electrons. The van der Waals surface area contributed by atoms with Crippen LogP contribution in [0.1, 0.15) is 34.1 Å². The van der Waals surface area contributed by atoms with Gasteiger partial charge in [0.2, 0.25) is 5.91 Å². The molecule has 2 unspecified atom stereocenters. The van der Waals surface area contributed by atoms with E-state index in [1.165, 1.54) is 0 Å². The van der Waals surface area contributed by atoms with Crippen molar-refractivity contribution in [3.8, 4) is 0 Å². The maximum Gasteiger partial charge on any atom is 0.326 e. The van der Waals surface area contributed by atoms with Crippen LogP contribution in [0.25, 0.3) is 0 Å². The molecule has 0 saturated heterocycles. The molecule has 1 amide bonds. The Morgan fingerprint density at radius 2 is 1.71 bits per heavy atom. The van der Waals surface area contributed by atoms with Crippen molar-refractivity contribution in [2.45, 2.75) is 46.2 Å². The minimum Gasteiger partial charge on any atom is -0.480 e. The number of carbonyl (C=O) groups is 2. The lowest BCUT2D eigenvalue weighted by Gasteiger charge is -2.24. The summed E-state index contributed by atoms with van der Waals surface area (Å²) in [6.07, 6.45) is 0.268. The Morgan fingerprint density at radius 3 is 2.14 bits per heavy atom. The zero-order valence-corrected chi connectivity index (χ0v) is 16.0. The minimum absolute atomic E-state index is 0.0164. The van der Waals surface area contributed by atoms with Crippen LogP contribution in [0.2, 0.25) is 0 Å². The lowest BCUT2D eigenvalue weighted by molar-refractivity contribution is -0.393. The molecule has 11 nitrogen and oxygen atoms in total. The molecule has 1 rings (SSSR count). The Hall–Kier alpha value is -3.24. The largest absolute Gasteiger partial charge is 0.480 e. The molecule has 0 spiro atoms. The van der Waals surface area contributed by atoms with Gasteiger partial charge in [0.15, 0.2) is 0 Å². The average molecular weight is 396 g/mol. The second-order valence-corrected chi connectivity index (χ2v) is 7.11. The maximum atomic E-state index is 12.6. The predicted molar refractivity (Wildman–Crippen MR) is 101 cm³/mol. The highest BCUT2D eigenvalue weighted by molar-refractivity contribution is 5.89. The standard InChI is InChI=1S/C17H24N4O7/c1-9(2)7-13(16(22)19-15(10(3)4)17(23)24)18-12-6-5-11(20(25)26)8-14(12)21(27)28/h5-6,8-10,13,15,18H,7H2,1-4H3,(H,19,22)(H,23,24). The fourth-order valence-electron chi connectivity index (χ4n) is 2.56. The summed E-state index contributed by atoms with van der Waals surface area (Å²) in [4.78, 5) is 44.6. The van der Waals surface area contributed by atoms with Gasteiger partial charge in [-0.2, -0.15) is 0 Å². The van der Waals surface area contributed by atoms with E-state index < -0.39 is 45.2 Å². The van der Waals surface area contributed by atoms with Gasteiger partial charge in [-0.05, 0) is 24.3 Å². The molecule has 2 atom stereocenters. The molecule has 1 aromatic carbocycles. The number of aliphatic carboxylic acids is 1. The summed E-state index contributed by atoms with van der Waals surface area (Å²) in [7, 11) is 0. The van der Waals surface area contributed by atoms with Crippen molar-refractivity contribution >= 4 is 28.9 Å². The van der Waals surface area contributed by atoms with Crippen LogP contribution in [-0.4, -0.2) is 38.9 Å². The molecular weight excluding hydrogens is 372 g/mol. The first kappa shape index (κ1) is 22.8. The molecule has 0 bridgehead atoms. The van der Waals surface area contributed by atoms with E-state index in [2.05, 4.69) is 10.6 Å². The van der Waals surface area contributed by atoms with Gasteiger partial charge >= 0.3 is 5.97 Å². The van der Waals surface area contributed by atoms with Crippen LogP contribution < -0.4 is 10.6 Å². The first-order valence-electron chi connectivity index (χ1n) is 8.66. The second-order valence-electron chi connectivity index (χ2n) is 7.11. The third-order valence-corrected chi connectivity index (χ3v) is 3.97. The summed E-state index contributed by atoms with van der Waals surface area (Å²) in [6.45, 7) is 6.96. The summed E-state index contributed by atoms with van der Waals surface area (Å²) >= 11 is 0. The number of nitro groups is 2. The number of carboxylic acids is 1. The first-order chi connectivity index (χ1) is 12.9. The van der Waals surface area contributed by atoms with E-state index in [9.17, 15) is 34.9 Å². The van der Waals surface area contributed by atoms with E-state index in [1.807, 2.05) is 13.8 Å². The number of non-ortho nitro benzene ring substituents is 1. The van der Waals surface area contributed by atoms with Crippen molar-refractivity contribution in [3.63, 3.8) is 0 Å². The number of carbonyl (C=O) groups excluding carboxylic acids is 1. The Labute approximate surface area is 161 Å². The van der Waals surface area contributed by atoms with Crippen LogP contribution in [-0.2, 0) is 9.59 Å². The number of amides is 1. The Bertz CT molecular complexity index is 764. The SMILES string of the molecule is CC(C)CC(Nc1ccc([N+](=O)[O-])cc1[N+](=O)[O-])C(=O)NC(C(=O)O)C(C)C. The van der Waals surface area contributed by atoms with Crippen LogP contribution in [0.5, 0.6) is 0 Å². The van der Waals surface area contributed by atoms with Gasteiger partial charge in [0.25, 0.3) is 11.4 Å². The van der Waals surface area contributed by atoms with E-state index in [1.54, 1.807) is 13.8 Å². The highest BCUT2D eigenvalue weighted by Gasteiger charge is 2.30. The lowest BCUT2D eigenvalue weighted by Crippen LogP contribution is -2.50. The van der Waals surface area contributed by atoms with Crippen molar-refractivity contribution in [3.05, 3.63) is 38.4 Å². The van der Waals surface area contributed by atoms with Gasteiger partial charge in [0, 0.05) is 6.07 Å². The van der Waals surface area contributed by atoms with Gasteiger partial charge in [-0.1, -0.05) is 27.7 Å². The van der Waals surface area contributed by atoms with Gasteiger partial charge < -0.3 is 15.7 Å². The highest BCUT2D eigenvalue weighted by atomic mass is 16.6. The summed E-state index contributed by atoms with van der Waals surface area (Å²) in [5, 5.41) is 36.6. The fourth-order valence-corrected chi connectivity index (χ4v) is 2.56. The number of hydrogen-bond donors (Lipinski definition) is 3. The number of nitrogens with one attached hydrogen (secondary N) is 2. The minimum atomic E-state index is -1.19. The third-order valence-electron chi connectivity index (χ3n) is 3.97. The number of hydrogen-bond acceptors (Lipinski definition) is 7. The summed E-state index contributed by atoms with van der Waals surface area (Å²) in [5.41, 5.74) is -1.06. The number of anilines is 1. The molecule has 3 N–H and O–H groups in total. The molecule has 0 aliphatic heterocycles. The van der Waals surface area contributed by atoms with E-state index >= 15 is 0 Å². The smallest absolute Gasteiger partial charge is 0.326 e. The topological polar surface area (TPSA) is 165 Å². The zero-order chi connectivity index (χ0) is 21.6. The van der Waals surface area contributed by atoms with Crippen LogP contribution in [0.4, 0.5) is 17.1 Å². The van der Waals surface area contributed by atoms with Gasteiger partial charge in [0.05, 0.1) is 15.9 Å². The van der Waals surface area contributed by atoms with Gasteiger partial charge in [0.1, 0.15) is 17.8 Å². The number of benzene rings is 1. The quantitative estimate of drug-likeness (QED) is 0.401. The van der Waals surface area contributed by atoms with E-state index in [-0.39, 0.29) is 23.9 Å². The monoisotopic (exact) mass is 396 g/mol. The summed E-state index contributed by atoms with van der Waals surface area (Å²) in [5.74, 6) is -2.16. The maximum absolute atomic E-state index is 12.6. The molecule has 0 heterocycles. The molecule has 11 heteroatoms. The Kier molecular flexibility index (Phi) is 7.84. The second kappa shape index (κ2) is 9.62. The van der Waals surface area contributed by atoms with Gasteiger partial charge in [-0.3, -0.25) is 25.0 Å². The van der Waals surface area contributed by atoms with Gasteiger partial charge in [-0.25, -0.2) is 4.79 Å². The number of nitro benzene ring substituents is 2. The lowest BCUT2D eigenvalue weighted by atomic mass is 10.00. The molecule has 28 heavy (non-hydrogen) atoms. The van der Waals surface area contributed by atoms with Crippen molar-refractivity contribution in [2.75, 3.05) is 5.32 Å². The molecule has 0 aliphatic carbocycles. The van der Waals surface area contributed by atoms with Crippen LogP contribution >= 0.6 is 0 Å². The highest BCUT2D eigenvalue weighted by Crippen LogP contribution is 2.30. The van der Waals surface area contributed by atoms with Crippen LogP contribution in [0.15, 0.2) is 18.2 Å². The van der Waals surface area contributed by atoms with Crippen molar-refractivity contribution < 1.29 is 24.5 Å². The Morgan fingerprint density at radius 1 is 1.11 bits per heavy atom. The number of nitrogens with zero attached hydrogens (tertiary/aromatic N) is 2. The summed E-state index contributed by atoms with van der Waals surface area (Å²) in [6, 6.07) is 0.986. The predicted octanol–water partition coefficient (Wildman–Crippen LogP) is 2.56. The molecule has 0 fully saturated rings. The molecular formula is C17H24N4O7. The number of rotatable bonds is 10. The van der Waals surface area contributed by atoms with Crippen molar-refractivity contribution in [1.82, 2.24) is 5.32 Å². The molecule has 1 aromatic rings. The number of carboxylic acid groups (broad SMARTS) is 1. The zero-order valence-electron chi connectivity index (χ0n) is 16.0. The summed E-state index contributed by atoms with van der Waals surface area (Å²) < 4.78 is 0. The molecule has 0 aromatic heterocycles. The normalized spacial score (nSPS) is 13.1. The van der Waals surface area contributed by atoms with E-state index in [0.717, 1.165) is 18.2 Å².